The molecule has 1 aromatic heterocycles. The minimum Gasteiger partial charge on any atom is -0.192 e. The average molecular weight is 246 g/mol. The first-order valence-corrected chi connectivity index (χ1v) is 7.12. The molecule has 0 fully saturated rings. The molecule has 0 amide bonds. The zero-order valence-electron chi connectivity index (χ0n) is 10.3. The van der Waals surface area contributed by atoms with Crippen molar-refractivity contribution in [3.63, 3.8) is 0 Å². The molecule has 1 heterocycles. The van der Waals surface area contributed by atoms with E-state index in [-0.39, 0.29) is 0 Å². The van der Waals surface area contributed by atoms with Crippen LogP contribution in [0.5, 0.6) is 0 Å². The summed E-state index contributed by atoms with van der Waals surface area (Å²) in [5, 5.41) is 19.6. The molecule has 1 aromatic rings. The van der Waals surface area contributed by atoms with E-state index in [9.17, 15) is 0 Å². The number of thiophene rings is 1. The van der Waals surface area contributed by atoms with Gasteiger partial charge in [-0.05, 0) is 12.8 Å². The van der Waals surface area contributed by atoms with Crippen LogP contribution in [0.3, 0.4) is 0 Å². The summed E-state index contributed by atoms with van der Waals surface area (Å²) in [5.74, 6) is 0. The van der Waals surface area contributed by atoms with Crippen LogP contribution >= 0.6 is 11.3 Å². The number of hydrogen-bond donors (Lipinski definition) is 0. The summed E-state index contributed by atoms with van der Waals surface area (Å²) in [6, 6.07) is 4.22. The molecule has 0 saturated heterocycles. The molecule has 0 spiro atoms. The predicted octanol–water partition coefficient (Wildman–Crippen LogP) is 4.39. The Morgan fingerprint density at radius 3 is 2.41 bits per heavy atom. The molecule has 1 rings (SSSR count). The lowest BCUT2D eigenvalue weighted by Crippen LogP contribution is -1.87. The van der Waals surface area contributed by atoms with E-state index in [4.69, 9.17) is 10.5 Å². The molecule has 0 unspecified atom stereocenters. The van der Waals surface area contributed by atoms with Gasteiger partial charge >= 0.3 is 0 Å². The molecule has 0 aliphatic carbocycles. The molecular weight excluding hydrogens is 228 g/mol. The second-order valence-corrected chi connectivity index (χ2v) is 5.15. The summed E-state index contributed by atoms with van der Waals surface area (Å²) in [6.07, 6.45) is 8.49. The van der Waals surface area contributed by atoms with E-state index in [1.807, 2.05) is 0 Å². The summed E-state index contributed by atoms with van der Waals surface area (Å²) in [5.41, 5.74) is 1.14. The van der Waals surface area contributed by atoms with Gasteiger partial charge in [-0.2, -0.15) is 10.5 Å². The summed E-state index contributed by atoms with van der Waals surface area (Å²) < 4.78 is 0. The highest BCUT2D eigenvalue weighted by molar-refractivity contribution is 7.10. The lowest BCUT2D eigenvalue weighted by Gasteiger charge is -2.00. The van der Waals surface area contributed by atoms with Gasteiger partial charge in [0, 0.05) is 10.3 Å². The summed E-state index contributed by atoms with van der Waals surface area (Å²) in [6.45, 7) is 2.22. The Morgan fingerprint density at radius 2 is 1.76 bits per heavy atom. The molecule has 0 aliphatic rings. The highest BCUT2D eigenvalue weighted by Crippen LogP contribution is 2.23. The van der Waals surface area contributed by atoms with Gasteiger partial charge in [0.25, 0.3) is 0 Å². The van der Waals surface area contributed by atoms with E-state index in [2.05, 4.69) is 19.1 Å². The van der Waals surface area contributed by atoms with Gasteiger partial charge in [-0.3, -0.25) is 0 Å². The van der Waals surface area contributed by atoms with Gasteiger partial charge in [0.1, 0.15) is 12.1 Å². The third kappa shape index (κ3) is 4.21. The SMILES string of the molecule is CCCCCCCCc1scc(C#N)c1C#N. The Bertz CT molecular complexity index is 420. The third-order valence-corrected chi connectivity index (χ3v) is 3.90. The van der Waals surface area contributed by atoms with Gasteiger partial charge in [-0.1, -0.05) is 39.0 Å². The van der Waals surface area contributed by atoms with Gasteiger partial charge in [0.2, 0.25) is 0 Å². The van der Waals surface area contributed by atoms with Crippen LogP contribution in [0.25, 0.3) is 0 Å². The van der Waals surface area contributed by atoms with Crippen LogP contribution in [0.15, 0.2) is 5.38 Å². The lowest BCUT2D eigenvalue weighted by molar-refractivity contribution is 0.609. The van der Waals surface area contributed by atoms with E-state index in [0.717, 1.165) is 17.7 Å². The minimum absolute atomic E-state index is 0.540. The van der Waals surface area contributed by atoms with Gasteiger partial charge in [-0.25, -0.2) is 0 Å². The molecule has 0 bridgehead atoms. The zero-order valence-corrected chi connectivity index (χ0v) is 11.1. The number of aryl methyl sites for hydroxylation is 1. The predicted molar refractivity (Wildman–Crippen MR) is 70.8 cm³/mol. The van der Waals surface area contributed by atoms with Gasteiger partial charge in [0.05, 0.1) is 11.1 Å². The van der Waals surface area contributed by atoms with E-state index >= 15 is 0 Å². The Balaban J connectivity index is 2.35. The Morgan fingerprint density at radius 1 is 1.06 bits per heavy atom. The molecule has 0 atom stereocenters. The molecule has 0 radical (unpaired) electrons. The number of hydrogen-bond acceptors (Lipinski definition) is 3. The molecule has 0 N–H and O–H groups in total. The van der Waals surface area contributed by atoms with Crippen molar-refractivity contribution in [3.05, 3.63) is 21.4 Å². The fourth-order valence-corrected chi connectivity index (χ4v) is 2.82. The van der Waals surface area contributed by atoms with Crippen LogP contribution < -0.4 is 0 Å². The molecular formula is C14H18N2S. The van der Waals surface area contributed by atoms with Gasteiger partial charge in [-0.15, -0.1) is 11.3 Å². The van der Waals surface area contributed by atoms with Crippen LogP contribution in [-0.4, -0.2) is 0 Å². The number of nitriles is 2. The molecule has 0 saturated carbocycles. The first kappa shape index (κ1) is 13.7. The molecule has 0 aromatic carbocycles. The standard InChI is InChI=1S/C14H18N2S/c1-2-3-4-5-6-7-8-14-13(10-16)12(9-15)11-17-14/h11H,2-8H2,1H3. The second kappa shape index (κ2) is 7.87. The van der Waals surface area contributed by atoms with E-state index < -0.39 is 0 Å². The normalized spacial score (nSPS) is 9.82. The van der Waals surface area contributed by atoms with Crippen molar-refractivity contribution in [1.82, 2.24) is 0 Å². The number of unbranched alkanes of at least 4 members (excludes halogenated alkanes) is 5. The summed E-state index contributed by atoms with van der Waals surface area (Å²) in [4.78, 5) is 1.08. The van der Waals surface area contributed by atoms with Crippen molar-refractivity contribution in [3.8, 4) is 12.1 Å². The Labute approximate surface area is 108 Å². The highest BCUT2D eigenvalue weighted by atomic mass is 32.1. The fourth-order valence-electron chi connectivity index (χ4n) is 1.85. The summed E-state index contributed by atoms with van der Waals surface area (Å²) in [7, 11) is 0. The van der Waals surface area contributed by atoms with Crippen molar-refractivity contribution in [2.45, 2.75) is 51.9 Å². The van der Waals surface area contributed by atoms with Gasteiger partial charge in [0.15, 0.2) is 0 Å². The first-order valence-electron chi connectivity index (χ1n) is 6.24. The summed E-state index contributed by atoms with van der Waals surface area (Å²) >= 11 is 1.55. The van der Waals surface area contributed by atoms with Crippen molar-refractivity contribution >= 4 is 11.3 Å². The fraction of sp³-hybridized carbons (Fsp3) is 0.571. The van der Waals surface area contributed by atoms with Gasteiger partial charge < -0.3 is 0 Å². The quantitative estimate of drug-likeness (QED) is 0.670. The lowest BCUT2D eigenvalue weighted by atomic mass is 10.1. The average Bonchev–Trinajstić information content (AvgIpc) is 2.75. The molecule has 3 heteroatoms. The maximum atomic E-state index is 9.00. The van der Waals surface area contributed by atoms with Crippen molar-refractivity contribution in [1.29, 1.82) is 10.5 Å². The van der Waals surface area contributed by atoms with Crippen LogP contribution in [-0.2, 0) is 6.42 Å². The second-order valence-electron chi connectivity index (χ2n) is 4.19. The topological polar surface area (TPSA) is 47.6 Å². The van der Waals surface area contributed by atoms with Crippen molar-refractivity contribution in [2.24, 2.45) is 0 Å². The highest BCUT2D eigenvalue weighted by Gasteiger charge is 2.10. The number of nitrogens with zero attached hydrogens (tertiary/aromatic N) is 2. The first-order chi connectivity index (χ1) is 8.33. The van der Waals surface area contributed by atoms with Crippen molar-refractivity contribution in [2.75, 3.05) is 0 Å². The monoisotopic (exact) mass is 246 g/mol. The largest absolute Gasteiger partial charge is 0.192 e. The maximum Gasteiger partial charge on any atom is 0.102 e. The van der Waals surface area contributed by atoms with Crippen LogP contribution in [0, 0.1) is 22.7 Å². The minimum atomic E-state index is 0.540. The molecule has 17 heavy (non-hydrogen) atoms. The maximum absolute atomic E-state index is 9.00. The van der Waals surface area contributed by atoms with Crippen LogP contribution in [0.4, 0.5) is 0 Å². The Kier molecular flexibility index (Phi) is 6.37. The zero-order chi connectivity index (χ0) is 12.5. The van der Waals surface area contributed by atoms with E-state index in [1.54, 1.807) is 16.7 Å². The molecule has 90 valence electrons. The smallest absolute Gasteiger partial charge is 0.102 e. The molecule has 0 aliphatic heterocycles. The van der Waals surface area contributed by atoms with E-state index in [1.165, 1.54) is 32.1 Å². The Hall–Kier alpha value is -1.32. The van der Waals surface area contributed by atoms with Crippen molar-refractivity contribution < 1.29 is 0 Å². The molecule has 2 nitrogen and oxygen atoms in total. The third-order valence-electron chi connectivity index (χ3n) is 2.86. The van der Waals surface area contributed by atoms with Crippen LogP contribution in [0.2, 0.25) is 0 Å². The number of rotatable bonds is 7. The van der Waals surface area contributed by atoms with E-state index in [0.29, 0.717) is 11.1 Å². The van der Waals surface area contributed by atoms with Crippen LogP contribution in [0.1, 0.15) is 61.5 Å².